The van der Waals surface area contributed by atoms with E-state index in [0.717, 1.165) is 19.6 Å². The molecule has 1 N–H and O–H groups in total. The molecular formula is C18H22N4O3. The summed E-state index contributed by atoms with van der Waals surface area (Å²) in [7, 11) is 0. The first-order valence-corrected chi connectivity index (χ1v) is 8.41. The van der Waals surface area contributed by atoms with Gasteiger partial charge in [0.2, 0.25) is 0 Å². The average molecular weight is 342 g/mol. The molecule has 1 aliphatic heterocycles. The maximum Gasteiger partial charge on any atom is 0.276 e. The molecule has 2 amide bonds. The van der Waals surface area contributed by atoms with Gasteiger partial charge in [0.1, 0.15) is 5.76 Å². The van der Waals surface area contributed by atoms with Crippen molar-refractivity contribution in [1.29, 1.82) is 0 Å². The molecule has 0 atom stereocenters. The Kier molecular flexibility index (Phi) is 5.45. The van der Waals surface area contributed by atoms with Crippen LogP contribution in [0, 0.1) is 6.92 Å². The summed E-state index contributed by atoms with van der Waals surface area (Å²) >= 11 is 0. The minimum absolute atomic E-state index is 0.0594. The second-order valence-electron chi connectivity index (χ2n) is 6.08. The molecule has 1 aliphatic rings. The molecule has 0 bridgehead atoms. The quantitative estimate of drug-likeness (QED) is 0.882. The summed E-state index contributed by atoms with van der Waals surface area (Å²) in [6.45, 7) is 5.99. The summed E-state index contributed by atoms with van der Waals surface area (Å²) in [4.78, 5) is 28.3. The number of piperazine rings is 1. The normalized spacial score (nSPS) is 15.2. The Hall–Kier alpha value is -2.67. The summed E-state index contributed by atoms with van der Waals surface area (Å²) in [6.07, 6.45) is 0. The maximum absolute atomic E-state index is 12.3. The highest BCUT2D eigenvalue weighted by Crippen LogP contribution is 2.09. The van der Waals surface area contributed by atoms with E-state index in [0.29, 0.717) is 36.7 Å². The van der Waals surface area contributed by atoms with Gasteiger partial charge in [-0.25, -0.2) is 0 Å². The molecule has 1 saturated heterocycles. The summed E-state index contributed by atoms with van der Waals surface area (Å²) in [5.41, 5.74) is 1.03. The van der Waals surface area contributed by atoms with E-state index in [9.17, 15) is 9.59 Å². The van der Waals surface area contributed by atoms with Gasteiger partial charge in [0.25, 0.3) is 11.8 Å². The highest BCUT2D eigenvalue weighted by molar-refractivity contribution is 5.94. The van der Waals surface area contributed by atoms with E-state index in [1.807, 2.05) is 18.2 Å². The van der Waals surface area contributed by atoms with E-state index in [2.05, 4.69) is 15.4 Å². The van der Waals surface area contributed by atoms with Crippen LogP contribution >= 0.6 is 0 Å². The number of hydrogen-bond acceptors (Lipinski definition) is 5. The molecule has 1 fully saturated rings. The Morgan fingerprint density at radius 3 is 2.52 bits per heavy atom. The third-order valence-electron chi connectivity index (χ3n) is 4.26. The monoisotopic (exact) mass is 342 g/mol. The molecule has 132 valence electrons. The molecule has 1 aromatic carbocycles. The number of rotatable bonds is 5. The van der Waals surface area contributed by atoms with Gasteiger partial charge in [-0.05, 0) is 19.1 Å². The zero-order chi connectivity index (χ0) is 17.6. The lowest BCUT2D eigenvalue weighted by Crippen LogP contribution is -2.50. The molecule has 0 aliphatic carbocycles. The number of carbonyl (C=O) groups excluding carboxylic acids is 2. The number of amides is 2. The smallest absolute Gasteiger partial charge is 0.276 e. The van der Waals surface area contributed by atoms with Crippen molar-refractivity contribution < 1.29 is 14.1 Å². The zero-order valence-corrected chi connectivity index (χ0v) is 14.3. The summed E-state index contributed by atoms with van der Waals surface area (Å²) in [5, 5.41) is 6.71. The topological polar surface area (TPSA) is 78.7 Å². The predicted molar refractivity (Wildman–Crippen MR) is 92.4 cm³/mol. The van der Waals surface area contributed by atoms with Crippen LogP contribution in [0.5, 0.6) is 0 Å². The van der Waals surface area contributed by atoms with E-state index >= 15 is 0 Å². The van der Waals surface area contributed by atoms with Gasteiger partial charge in [-0.2, -0.15) is 0 Å². The lowest BCUT2D eigenvalue weighted by Gasteiger charge is -2.34. The summed E-state index contributed by atoms with van der Waals surface area (Å²) in [6, 6.07) is 10.8. The van der Waals surface area contributed by atoms with Crippen molar-refractivity contribution in [1.82, 2.24) is 20.3 Å². The molecule has 0 spiro atoms. The Morgan fingerprint density at radius 1 is 1.16 bits per heavy atom. The van der Waals surface area contributed by atoms with Crippen molar-refractivity contribution >= 4 is 11.8 Å². The summed E-state index contributed by atoms with van der Waals surface area (Å²) < 4.78 is 4.96. The standard InChI is InChI=1S/C18H22N4O3/c1-14-13-16(20-25-14)18(24)22-11-9-21(10-12-22)8-7-19-17(23)15-5-3-2-4-6-15/h2-6,13H,7-12H2,1H3,(H,19,23). The van der Waals surface area contributed by atoms with Gasteiger partial charge in [-0.3, -0.25) is 14.5 Å². The molecule has 25 heavy (non-hydrogen) atoms. The number of nitrogens with zero attached hydrogens (tertiary/aromatic N) is 3. The number of nitrogens with one attached hydrogen (secondary N) is 1. The molecule has 2 heterocycles. The Morgan fingerprint density at radius 2 is 1.88 bits per heavy atom. The molecule has 2 aromatic rings. The second kappa shape index (κ2) is 7.94. The van der Waals surface area contributed by atoms with Crippen molar-refractivity contribution in [2.75, 3.05) is 39.3 Å². The number of carbonyl (C=O) groups is 2. The van der Waals surface area contributed by atoms with E-state index in [-0.39, 0.29) is 11.8 Å². The fourth-order valence-corrected chi connectivity index (χ4v) is 2.82. The lowest BCUT2D eigenvalue weighted by atomic mass is 10.2. The van der Waals surface area contributed by atoms with Gasteiger partial charge >= 0.3 is 0 Å². The van der Waals surface area contributed by atoms with Crippen LogP contribution in [0.25, 0.3) is 0 Å². The Labute approximate surface area is 146 Å². The molecule has 7 nitrogen and oxygen atoms in total. The Balaban J connectivity index is 1.39. The minimum Gasteiger partial charge on any atom is -0.361 e. The lowest BCUT2D eigenvalue weighted by molar-refractivity contribution is 0.0628. The zero-order valence-electron chi connectivity index (χ0n) is 14.3. The van der Waals surface area contributed by atoms with Gasteiger partial charge in [0, 0.05) is 50.9 Å². The molecular weight excluding hydrogens is 320 g/mol. The van der Waals surface area contributed by atoms with Crippen molar-refractivity contribution in [3.63, 3.8) is 0 Å². The third kappa shape index (κ3) is 4.45. The minimum atomic E-state index is -0.0890. The van der Waals surface area contributed by atoms with E-state index in [4.69, 9.17) is 4.52 Å². The van der Waals surface area contributed by atoms with Crippen LogP contribution in [0.2, 0.25) is 0 Å². The van der Waals surface area contributed by atoms with Gasteiger partial charge < -0.3 is 14.7 Å². The van der Waals surface area contributed by atoms with Crippen LogP contribution in [0.3, 0.4) is 0 Å². The second-order valence-corrected chi connectivity index (χ2v) is 6.08. The fraction of sp³-hybridized carbons (Fsp3) is 0.389. The molecule has 1 aromatic heterocycles. The van der Waals surface area contributed by atoms with Gasteiger partial charge in [-0.1, -0.05) is 23.4 Å². The first-order valence-electron chi connectivity index (χ1n) is 8.41. The third-order valence-corrected chi connectivity index (χ3v) is 4.26. The number of benzene rings is 1. The highest BCUT2D eigenvalue weighted by Gasteiger charge is 2.24. The highest BCUT2D eigenvalue weighted by atomic mass is 16.5. The van der Waals surface area contributed by atoms with Crippen LogP contribution in [0.4, 0.5) is 0 Å². The number of hydrogen-bond donors (Lipinski definition) is 1. The fourth-order valence-electron chi connectivity index (χ4n) is 2.82. The van der Waals surface area contributed by atoms with Crippen LogP contribution in [-0.4, -0.2) is 66.0 Å². The molecule has 0 saturated carbocycles. The molecule has 0 unspecified atom stereocenters. The Bertz CT molecular complexity index is 721. The predicted octanol–water partition coefficient (Wildman–Crippen LogP) is 1.17. The number of aromatic nitrogens is 1. The first-order chi connectivity index (χ1) is 12.1. The van der Waals surface area contributed by atoms with Crippen molar-refractivity contribution in [3.05, 3.63) is 53.4 Å². The van der Waals surface area contributed by atoms with Crippen molar-refractivity contribution in [3.8, 4) is 0 Å². The largest absolute Gasteiger partial charge is 0.361 e. The summed E-state index contributed by atoms with van der Waals surface area (Å²) in [5.74, 6) is 0.487. The van der Waals surface area contributed by atoms with Crippen LogP contribution in [0.1, 0.15) is 26.6 Å². The maximum atomic E-state index is 12.3. The average Bonchev–Trinajstić information content (AvgIpc) is 3.09. The van der Waals surface area contributed by atoms with Crippen molar-refractivity contribution in [2.45, 2.75) is 6.92 Å². The van der Waals surface area contributed by atoms with Crippen LogP contribution < -0.4 is 5.32 Å². The van der Waals surface area contributed by atoms with Crippen LogP contribution in [-0.2, 0) is 0 Å². The van der Waals surface area contributed by atoms with Crippen molar-refractivity contribution in [2.24, 2.45) is 0 Å². The number of aryl methyl sites for hydroxylation is 1. The van der Waals surface area contributed by atoms with E-state index in [1.54, 1.807) is 30.0 Å². The van der Waals surface area contributed by atoms with Gasteiger partial charge in [0.15, 0.2) is 5.69 Å². The van der Waals surface area contributed by atoms with E-state index in [1.165, 1.54) is 0 Å². The first kappa shape index (κ1) is 17.2. The molecule has 7 heteroatoms. The molecule has 3 rings (SSSR count). The van der Waals surface area contributed by atoms with Crippen LogP contribution in [0.15, 0.2) is 40.9 Å². The van der Waals surface area contributed by atoms with Gasteiger partial charge in [-0.15, -0.1) is 0 Å². The van der Waals surface area contributed by atoms with Gasteiger partial charge in [0.05, 0.1) is 0 Å². The van der Waals surface area contributed by atoms with E-state index < -0.39 is 0 Å². The molecule has 0 radical (unpaired) electrons. The SMILES string of the molecule is Cc1cc(C(=O)N2CCN(CCNC(=O)c3ccccc3)CC2)no1.